The van der Waals surface area contributed by atoms with Crippen LogP contribution in [0.5, 0.6) is 0 Å². The van der Waals surface area contributed by atoms with Crippen LogP contribution in [0, 0.1) is 0 Å². The van der Waals surface area contributed by atoms with Gasteiger partial charge < -0.3 is 9.64 Å². The minimum atomic E-state index is -0.214. The van der Waals surface area contributed by atoms with Crippen molar-refractivity contribution in [1.82, 2.24) is 4.90 Å². The maximum absolute atomic E-state index is 10.8. The highest BCUT2D eigenvalue weighted by atomic mass is 32.1. The molecule has 64 valence electrons. The lowest BCUT2D eigenvalue weighted by molar-refractivity contribution is -0.145. The van der Waals surface area contributed by atoms with Crippen molar-refractivity contribution >= 4 is 18.6 Å². The van der Waals surface area contributed by atoms with Gasteiger partial charge in [-0.2, -0.15) is 12.6 Å². The summed E-state index contributed by atoms with van der Waals surface area (Å²) in [7, 11) is 2.02. The van der Waals surface area contributed by atoms with Crippen LogP contribution in [0.15, 0.2) is 0 Å². The first-order chi connectivity index (χ1) is 5.22. The van der Waals surface area contributed by atoms with E-state index in [2.05, 4.69) is 17.5 Å². The van der Waals surface area contributed by atoms with Gasteiger partial charge in [-0.25, -0.2) is 0 Å². The summed E-state index contributed by atoms with van der Waals surface area (Å²) in [6, 6.07) is 0. The van der Waals surface area contributed by atoms with E-state index < -0.39 is 0 Å². The molecule has 0 bridgehead atoms. The van der Waals surface area contributed by atoms with Crippen molar-refractivity contribution in [2.45, 2.75) is 12.5 Å². The highest BCUT2D eigenvalue weighted by Crippen LogP contribution is 2.10. The van der Waals surface area contributed by atoms with Gasteiger partial charge in [0.2, 0.25) is 0 Å². The lowest BCUT2D eigenvalue weighted by atomic mass is 10.3. The fraction of sp³-hybridized carbons (Fsp3) is 0.857. The maximum Gasteiger partial charge on any atom is 0.315 e. The van der Waals surface area contributed by atoms with Crippen molar-refractivity contribution in [2.75, 3.05) is 25.9 Å². The fourth-order valence-corrected chi connectivity index (χ4v) is 1.29. The van der Waals surface area contributed by atoms with E-state index >= 15 is 0 Å². The van der Waals surface area contributed by atoms with E-state index in [0.717, 1.165) is 19.5 Å². The smallest absolute Gasteiger partial charge is 0.315 e. The van der Waals surface area contributed by atoms with E-state index in [4.69, 9.17) is 4.74 Å². The molecule has 4 heteroatoms. The molecule has 0 aliphatic carbocycles. The maximum atomic E-state index is 10.8. The van der Waals surface area contributed by atoms with Crippen molar-refractivity contribution < 1.29 is 9.53 Å². The van der Waals surface area contributed by atoms with Crippen LogP contribution in [0.3, 0.4) is 0 Å². The van der Waals surface area contributed by atoms with Gasteiger partial charge in [0, 0.05) is 13.1 Å². The van der Waals surface area contributed by atoms with E-state index in [1.807, 2.05) is 7.05 Å². The van der Waals surface area contributed by atoms with Gasteiger partial charge in [0.25, 0.3) is 0 Å². The van der Waals surface area contributed by atoms with Gasteiger partial charge in [0.1, 0.15) is 6.10 Å². The Bertz CT molecular complexity index is 151. The topological polar surface area (TPSA) is 29.5 Å². The predicted octanol–water partition coefficient (Wildman–Crippen LogP) is 0.164. The molecule has 0 aromatic heterocycles. The van der Waals surface area contributed by atoms with E-state index in [9.17, 15) is 4.79 Å². The van der Waals surface area contributed by atoms with E-state index in [0.29, 0.717) is 0 Å². The monoisotopic (exact) mass is 175 g/mol. The molecule has 11 heavy (non-hydrogen) atoms. The number of nitrogens with zero attached hydrogens (tertiary/aromatic N) is 1. The molecule has 1 rings (SSSR count). The molecule has 1 aliphatic rings. The van der Waals surface area contributed by atoms with E-state index in [-0.39, 0.29) is 17.8 Å². The molecular formula is C7H13NO2S. The lowest BCUT2D eigenvalue weighted by Gasteiger charge is -2.10. The van der Waals surface area contributed by atoms with Crippen LogP contribution < -0.4 is 0 Å². The molecule has 1 aliphatic heterocycles. The summed E-state index contributed by atoms with van der Waals surface area (Å²) >= 11 is 3.82. The first kappa shape index (κ1) is 8.87. The van der Waals surface area contributed by atoms with Crippen LogP contribution in [0.2, 0.25) is 0 Å². The molecule has 0 aromatic rings. The molecule has 1 heterocycles. The summed E-state index contributed by atoms with van der Waals surface area (Å²) in [5.41, 5.74) is 0. The van der Waals surface area contributed by atoms with Crippen LogP contribution in [0.4, 0.5) is 0 Å². The first-order valence-corrected chi connectivity index (χ1v) is 4.34. The molecule has 0 spiro atoms. The fourth-order valence-electron chi connectivity index (χ4n) is 1.21. The number of ether oxygens (including phenoxy) is 1. The molecule has 0 N–H and O–H groups in total. The van der Waals surface area contributed by atoms with Crippen LogP contribution in [0.25, 0.3) is 0 Å². The average molecular weight is 175 g/mol. The molecule has 0 aromatic carbocycles. The Kier molecular flexibility index (Phi) is 3.20. The van der Waals surface area contributed by atoms with Crippen molar-refractivity contribution in [3.05, 3.63) is 0 Å². The second kappa shape index (κ2) is 3.97. The van der Waals surface area contributed by atoms with Gasteiger partial charge in [0.15, 0.2) is 0 Å². The third-order valence-corrected chi connectivity index (χ3v) is 2.03. The molecule has 1 fully saturated rings. The zero-order valence-electron chi connectivity index (χ0n) is 6.62. The number of esters is 1. The van der Waals surface area contributed by atoms with Crippen LogP contribution in [-0.4, -0.2) is 42.9 Å². The number of hydrogen-bond donors (Lipinski definition) is 1. The number of hydrogen-bond acceptors (Lipinski definition) is 4. The van der Waals surface area contributed by atoms with Gasteiger partial charge in [-0.1, -0.05) is 0 Å². The van der Waals surface area contributed by atoms with Gasteiger partial charge in [-0.05, 0) is 13.5 Å². The standard InChI is InChI=1S/C7H13NO2S/c1-8-3-2-6(4-8)10-7(9)5-11/h6,11H,2-5H2,1H3. The lowest BCUT2D eigenvalue weighted by Crippen LogP contribution is -2.22. The van der Waals surface area contributed by atoms with Crippen molar-refractivity contribution in [3.8, 4) is 0 Å². The Balaban J connectivity index is 2.23. The largest absolute Gasteiger partial charge is 0.460 e. The molecule has 1 unspecified atom stereocenters. The minimum Gasteiger partial charge on any atom is -0.460 e. The molecular weight excluding hydrogens is 162 g/mol. The normalized spacial score (nSPS) is 25.5. The van der Waals surface area contributed by atoms with Gasteiger partial charge in [-0.15, -0.1) is 0 Å². The minimum absolute atomic E-state index is 0.0969. The Morgan fingerprint density at radius 2 is 2.55 bits per heavy atom. The Labute approximate surface area is 72.1 Å². The Hall–Kier alpha value is -0.220. The SMILES string of the molecule is CN1CCC(OC(=O)CS)C1. The molecule has 0 radical (unpaired) electrons. The number of carbonyl (C=O) groups is 1. The number of thiol groups is 1. The summed E-state index contributed by atoms with van der Waals surface area (Å²) in [5, 5.41) is 0. The predicted molar refractivity (Wildman–Crippen MR) is 45.8 cm³/mol. The molecule has 1 saturated heterocycles. The van der Waals surface area contributed by atoms with Crippen LogP contribution in [0.1, 0.15) is 6.42 Å². The van der Waals surface area contributed by atoms with Crippen molar-refractivity contribution in [1.29, 1.82) is 0 Å². The third kappa shape index (κ3) is 2.71. The molecule has 0 amide bonds. The van der Waals surface area contributed by atoms with Gasteiger partial charge in [0.05, 0.1) is 5.75 Å². The van der Waals surface area contributed by atoms with Crippen molar-refractivity contribution in [2.24, 2.45) is 0 Å². The number of rotatable bonds is 2. The molecule has 0 saturated carbocycles. The summed E-state index contributed by atoms with van der Waals surface area (Å²) in [5.74, 6) is -0.0335. The summed E-state index contributed by atoms with van der Waals surface area (Å²) in [4.78, 5) is 12.9. The number of likely N-dealkylation sites (tertiary alicyclic amines) is 1. The van der Waals surface area contributed by atoms with Crippen LogP contribution >= 0.6 is 12.6 Å². The zero-order valence-corrected chi connectivity index (χ0v) is 7.51. The molecule has 1 atom stereocenters. The first-order valence-electron chi connectivity index (χ1n) is 3.71. The zero-order chi connectivity index (χ0) is 8.27. The quantitative estimate of drug-likeness (QED) is 0.479. The van der Waals surface area contributed by atoms with Crippen molar-refractivity contribution in [3.63, 3.8) is 0 Å². The third-order valence-electron chi connectivity index (χ3n) is 1.78. The second-order valence-corrected chi connectivity index (χ2v) is 3.14. The second-order valence-electron chi connectivity index (χ2n) is 2.82. The van der Waals surface area contributed by atoms with E-state index in [1.54, 1.807) is 0 Å². The summed E-state index contributed by atoms with van der Waals surface area (Å²) < 4.78 is 5.07. The summed E-state index contributed by atoms with van der Waals surface area (Å²) in [6.07, 6.45) is 1.05. The van der Waals surface area contributed by atoms with Crippen LogP contribution in [-0.2, 0) is 9.53 Å². The van der Waals surface area contributed by atoms with E-state index in [1.165, 1.54) is 0 Å². The number of carbonyl (C=O) groups excluding carboxylic acids is 1. The highest BCUT2D eigenvalue weighted by molar-refractivity contribution is 7.81. The molecule has 3 nitrogen and oxygen atoms in total. The Morgan fingerprint density at radius 1 is 1.82 bits per heavy atom. The van der Waals surface area contributed by atoms with Gasteiger partial charge >= 0.3 is 5.97 Å². The Morgan fingerprint density at radius 3 is 3.00 bits per heavy atom. The van der Waals surface area contributed by atoms with Gasteiger partial charge in [-0.3, -0.25) is 4.79 Å². The highest BCUT2D eigenvalue weighted by Gasteiger charge is 2.22. The number of likely N-dealkylation sites (N-methyl/N-ethyl adjacent to an activating group) is 1. The average Bonchev–Trinajstić information content (AvgIpc) is 2.35. The summed E-state index contributed by atoms with van der Waals surface area (Å²) in [6.45, 7) is 1.88.